The summed E-state index contributed by atoms with van der Waals surface area (Å²) in [4.78, 5) is 3.91. The van der Waals surface area contributed by atoms with Gasteiger partial charge in [-0.25, -0.2) is 13.1 Å². The van der Waals surface area contributed by atoms with E-state index in [9.17, 15) is 8.42 Å². The summed E-state index contributed by atoms with van der Waals surface area (Å²) >= 11 is 0. The van der Waals surface area contributed by atoms with Crippen molar-refractivity contribution in [1.82, 2.24) is 9.71 Å². The lowest BCUT2D eigenvalue weighted by atomic mass is 10.2. The first kappa shape index (κ1) is 12.1. The topological polar surface area (TPSA) is 79.3 Å². The largest absolute Gasteiger partial charge is 0.395 e. The fourth-order valence-electron chi connectivity index (χ4n) is 1.06. The molecule has 1 heterocycles. The Morgan fingerprint density at radius 1 is 1.53 bits per heavy atom. The maximum Gasteiger partial charge on any atom is 0.214 e. The van der Waals surface area contributed by atoms with Crippen LogP contribution in [0.4, 0.5) is 0 Å². The number of rotatable bonds is 5. The van der Waals surface area contributed by atoms with Crippen LogP contribution in [-0.2, 0) is 16.6 Å². The second kappa shape index (κ2) is 5.20. The highest BCUT2D eigenvalue weighted by Crippen LogP contribution is 2.04. The van der Waals surface area contributed by atoms with Gasteiger partial charge in [0, 0.05) is 18.9 Å². The number of pyridine rings is 1. The van der Waals surface area contributed by atoms with Gasteiger partial charge in [-0.05, 0) is 24.1 Å². The molecule has 1 aromatic rings. The van der Waals surface area contributed by atoms with Crippen LogP contribution < -0.4 is 4.72 Å². The maximum absolute atomic E-state index is 11.2. The molecule has 0 amide bonds. The Balaban J connectivity index is 2.62. The fraction of sp³-hybridized carbons (Fsp3) is 0.444. The van der Waals surface area contributed by atoms with Crippen LogP contribution in [0.15, 0.2) is 18.5 Å². The highest BCUT2D eigenvalue weighted by atomic mass is 32.2. The number of nitrogens with zero attached hydrogens (tertiary/aromatic N) is 1. The van der Waals surface area contributed by atoms with Crippen LogP contribution in [0, 0.1) is 6.92 Å². The Kier molecular flexibility index (Phi) is 4.19. The molecule has 0 aliphatic heterocycles. The van der Waals surface area contributed by atoms with E-state index in [1.165, 1.54) is 0 Å². The first-order valence-electron chi connectivity index (χ1n) is 4.53. The minimum Gasteiger partial charge on any atom is -0.395 e. The molecule has 0 atom stereocenters. The van der Waals surface area contributed by atoms with Crippen LogP contribution in [0.1, 0.15) is 11.1 Å². The molecule has 6 heteroatoms. The zero-order chi connectivity index (χ0) is 11.3. The van der Waals surface area contributed by atoms with Gasteiger partial charge in [-0.1, -0.05) is 0 Å². The van der Waals surface area contributed by atoms with E-state index in [2.05, 4.69) is 9.71 Å². The van der Waals surface area contributed by atoms with Crippen molar-refractivity contribution < 1.29 is 13.5 Å². The molecular weight excluding hydrogens is 216 g/mol. The first-order chi connectivity index (χ1) is 7.05. The summed E-state index contributed by atoms with van der Waals surface area (Å²) < 4.78 is 24.8. The van der Waals surface area contributed by atoms with Crippen molar-refractivity contribution in [3.05, 3.63) is 29.6 Å². The molecular formula is C9H14N2O3S. The third kappa shape index (κ3) is 3.94. The quantitative estimate of drug-likeness (QED) is 0.734. The van der Waals surface area contributed by atoms with Gasteiger partial charge in [-0.15, -0.1) is 0 Å². The van der Waals surface area contributed by atoms with Crippen molar-refractivity contribution in [2.45, 2.75) is 13.5 Å². The summed E-state index contributed by atoms with van der Waals surface area (Å²) in [5.74, 6) is -0.272. The third-order valence-electron chi connectivity index (χ3n) is 1.99. The molecule has 0 spiro atoms. The molecule has 0 aliphatic rings. The number of hydrogen-bond donors (Lipinski definition) is 2. The van der Waals surface area contributed by atoms with Gasteiger partial charge in [-0.3, -0.25) is 4.98 Å². The number of aryl methyl sites for hydroxylation is 1. The van der Waals surface area contributed by atoms with Gasteiger partial charge in [0.1, 0.15) is 0 Å². The summed E-state index contributed by atoms with van der Waals surface area (Å²) in [6.07, 6.45) is 3.28. The number of hydrogen-bond acceptors (Lipinski definition) is 4. The van der Waals surface area contributed by atoms with Crippen molar-refractivity contribution in [3.63, 3.8) is 0 Å². The van der Waals surface area contributed by atoms with E-state index in [0.717, 1.165) is 11.1 Å². The van der Waals surface area contributed by atoms with Crippen molar-refractivity contribution in [2.75, 3.05) is 12.4 Å². The molecule has 84 valence electrons. The Morgan fingerprint density at radius 2 is 2.27 bits per heavy atom. The summed E-state index contributed by atoms with van der Waals surface area (Å²) in [7, 11) is -3.37. The van der Waals surface area contributed by atoms with Gasteiger partial charge in [-0.2, -0.15) is 0 Å². The third-order valence-corrected chi connectivity index (χ3v) is 3.29. The number of nitrogens with one attached hydrogen (secondary N) is 1. The van der Waals surface area contributed by atoms with Gasteiger partial charge in [0.2, 0.25) is 10.0 Å². The lowest BCUT2D eigenvalue weighted by molar-refractivity contribution is 0.319. The lowest BCUT2D eigenvalue weighted by Gasteiger charge is -2.06. The molecule has 0 saturated carbocycles. The summed E-state index contributed by atoms with van der Waals surface area (Å²) in [5.41, 5.74) is 1.82. The Morgan fingerprint density at radius 3 is 2.87 bits per heavy atom. The van der Waals surface area contributed by atoms with Gasteiger partial charge >= 0.3 is 0 Å². The van der Waals surface area contributed by atoms with E-state index >= 15 is 0 Å². The molecule has 2 N–H and O–H groups in total. The average Bonchev–Trinajstić information content (AvgIpc) is 2.16. The predicted molar refractivity (Wildman–Crippen MR) is 56.7 cm³/mol. The number of sulfonamides is 1. The molecule has 0 saturated heterocycles. The average molecular weight is 230 g/mol. The Labute approximate surface area is 89.2 Å². The SMILES string of the molecule is Cc1ccncc1CNS(=O)(=O)CCO. The van der Waals surface area contributed by atoms with Crippen LogP contribution in [0.2, 0.25) is 0 Å². The van der Waals surface area contributed by atoms with Gasteiger partial charge in [0.05, 0.1) is 12.4 Å². The van der Waals surface area contributed by atoms with Crippen LogP contribution in [-0.4, -0.2) is 30.9 Å². The minimum absolute atomic E-state index is 0.210. The van der Waals surface area contributed by atoms with Crippen molar-refractivity contribution in [2.24, 2.45) is 0 Å². The fourth-order valence-corrected chi connectivity index (χ4v) is 1.82. The minimum atomic E-state index is -3.37. The van der Waals surface area contributed by atoms with Crippen molar-refractivity contribution in [3.8, 4) is 0 Å². The number of aliphatic hydroxyl groups is 1. The molecule has 5 nitrogen and oxygen atoms in total. The smallest absolute Gasteiger partial charge is 0.214 e. The molecule has 0 radical (unpaired) electrons. The summed E-state index contributed by atoms with van der Waals surface area (Å²) in [6.45, 7) is 1.72. The predicted octanol–water partition coefficient (Wildman–Crippen LogP) is -0.198. The van der Waals surface area contributed by atoms with Gasteiger partial charge < -0.3 is 5.11 Å². The standard InChI is InChI=1S/C9H14N2O3S/c1-8-2-3-10-6-9(8)7-11-15(13,14)5-4-12/h2-3,6,11-12H,4-5,7H2,1H3. The van der Waals surface area contributed by atoms with Crippen LogP contribution in [0.25, 0.3) is 0 Å². The zero-order valence-electron chi connectivity index (χ0n) is 8.47. The normalized spacial score (nSPS) is 11.6. The first-order valence-corrected chi connectivity index (χ1v) is 6.18. The number of aromatic nitrogens is 1. The van der Waals surface area contributed by atoms with Crippen molar-refractivity contribution >= 4 is 10.0 Å². The van der Waals surface area contributed by atoms with Gasteiger partial charge in [0.15, 0.2) is 0 Å². The second-order valence-corrected chi connectivity index (χ2v) is 5.09. The highest BCUT2D eigenvalue weighted by Gasteiger charge is 2.09. The van der Waals surface area contributed by atoms with Crippen LogP contribution in [0.3, 0.4) is 0 Å². The van der Waals surface area contributed by atoms with E-state index in [0.29, 0.717) is 0 Å². The molecule has 0 bridgehead atoms. The number of aliphatic hydroxyl groups excluding tert-OH is 1. The van der Waals surface area contributed by atoms with Crippen LogP contribution >= 0.6 is 0 Å². The maximum atomic E-state index is 11.2. The molecule has 1 aromatic heterocycles. The monoisotopic (exact) mass is 230 g/mol. The second-order valence-electron chi connectivity index (χ2n) is 3.17. The molecule has 1 rings (SSSR count). The zero-order valence-corrected chi connectivity index (χ0v) is 9.29. The van der Waals surface area contributed by atoms with E-state index in [1.807, 2.05) is 13.0 Å². The molecule has 0 unspecified atom stereocenters. The van der Waals surface area contributed by atoms with E-state index in [-0.39, 0.29) is 18.9 Å². The molecule has 0 aromatic carbocycles. The lowest BCUT2D eigenvalue weighted by Crippen LogP contribution is -2.27. The van der Waals surface area contributed by atoms with E-state index < -0.39 is 10.0 Å². The Hall–Kier alpha value is -0.980. The van der Waals surface area contributed by atoms with Crippen molar-refractivity contribution in [1.29, 1.82) is 0 Å². The Bertz CT molecular complexity index is 417. The molecule has 0 fully saturated rings. The van der Waals surface area contributed by atoms with E-state index in [1.54, 1.807) is 12.4 Å². The summed E-state index contributed by atoms with van der Waals surface area (Å²) in [5, 5.41) is 8.52. The van der Waals surface area contributed by atoms with E-state index in [4.69, 9.17) is 5.11 Å². The van der Waals surface area contributed by atoms with Gasteiger partial charge in [0.25, 0.3) is 0 Å². The van der Waals surface area contributed by atoms with Crippen LogP contribution in [0.5, 0.6) is 0 Å². The summed E-state index contributed by atoms with van der Waals surface area (Å²) in [6, 6.07) is 1.82. The molecule has 0 aliphatic carbocycles. The molecule has 15 heavy (non-hydrogen) atoms. The highest BCUT2D eigenvalue weighted by molar-refractivity contribution is 7.89.